The zero-order valence-electron chi connectivity index (χ0n) is 11.4. The van der Waals surface area contributed by atoms with Gasteiger partial charge in [0.1, 0.15) is 0 Å². The van der Waals surface area contributed by atoms with Gasteiger partial charge in [0.05, 0.1) is 16.6 Å². The molecule has 2 aromatic heterocycles. The maximum atomic E-state index is 13.6. The maximum absolute atomic E-state index is 13.6. The number of fused-ring (bicyclic) bond motifs is 1. The van der Waals surface area contributed by atoms with Gasteiger partial charge in [-0.25, -0.2) is 4.98 Å². The minimum absolute atomic E-state index is 0.0118. The smallest absolute Gasteiger partial charge is 0.382 e. The van der Waals surface area contributed by atoms with Crippen LogP contribution in [0.25, 0.3) is 11.0 Å². The number of para-hydroxylation sites is 2. The number of aliphatic hydroxyl groups is 1. The Morgan fingerprint density at radius 2 is 1.91 bits per heavy atom. The molecule has 6 nitrogen and oxygen atoms in total. The molecule has 0 amide bonds. The summed E-state index contributed by atoms with van der Waals surface area (Å²) < 4.78 is 40.9. The molecular formula is C13H12F3N5O. The number of aryl methyl sites for hydroxylation is 1. The lowest BCUT2D eigenvalue weighted by atomic mass is 9.92. The first-order valence-corrected chi connectivity index (χ1v) is 6.30. The van der Waals surface area contributed by atoms with E-state index in [1.807, 2.05) is 0 Å². The lowest BCUT2D eigenvalue weighted by Gasteiger charge is -2.28. The fourth-order valence-electron chi connectivity index (χ4n) is 2.42. The standard InChI is InChI=1S/C13H12F3N5O/c1-6-9(10(17)21-20-6)12(22,13(14,15)16)11-18-7-4-2-3-5-8(7)19-11/h2-5,22H,1H3,(H,18,19)(H3,17,20,21). The number of H-pyrrole nitrogens is 2. The molecule has 5 N–H and O–H groups in total. The molecule has 3 rings (SSSR count). The van der Waals surface area contributed by atoms with E-state index in [4.69, 9.17) is 5.73 Å². The fourth-order valence-corrected chi connectivity index (χ4v) is 2.42. The molecule has 0 aliphatic heterocycles. The fraction of sp³-hybridized carbons (Fsp3) is 0.231. The molecule has 0 fully saturated rings. The van der Waals surface area contributed by atoms with Crippen molar-refractivity contribution < 1.29 is 18.3 Å². The van der Waals surface area contributed by atoms with Crippen LogP contribution in [-0.2, 0) is 5.60 Å². The highest BCUT2D eigenvalue weighted by atomic mass is 19.4. The summed E-state index contributed by atoms with van der Waals surface area (Å²) in [7, 11) is 0. The van der Waals surface area contributed by atoms with Crippen molar-refractivity contribution in [3.63, 3.8) is 0 Å². The van der Waals surface area contributed by atoms with Crippen LogP contribution in [0.1, 0.15) is 17.1 Å². The van der Waals surface area contributed by atoms with E-state index < -0.39 is 29.0 Å². The van der Waals surface area contributed by atoms with Crippen molar-refractivity contribution in [1.82, 2.24) is 20.2 Å². The Kier molecular flexibility index (Phi) is 2.92. The number of benzene rings is 1. The van der Waals surface area contributed by atoms with E-state index >= 15 is 0 Å². The molecule has 2 heterocycles. The van der Waals surface area contributed by atoms with Crippen molar-refractivity contribution in [2.75, 3.05) is 5.73 Å². The Balaban J connectivity index is 2.32. The Bertz CT molecular complexity index is 785. The first-order chi connectivity index (χ1) is 10.2. The third kappa shape index (κ3) is 1.86. The van der Waals surface area contributed by atoms with Crippen LogP contribution in [-0.4, -0.2) is 31.4 Å². The number of halogens is 3. The molecule has 22 heavy (non-hydrogen) atoms. The van der Waals surface area contributed by atoms with Gasteiger partial charge in [-0.15, -0.1) is 0 Å². The number of nitrogens with zero attached hydrogens (tertiary/aromatic N) is 2. The minimum Gasteiger partial charge on any atom is -0.382 e. The summed E-state index contributed by atoms with van der Waals surface area (Å²) in [5, 5.41) is 16.4. The molecule has 116 valence electrons. The van der Waals surface area contributed by atoms with Crippen LogP contribution < -0.4 is 5.73 Å². The Hall–Kier alpha value is -2.55. The molecule has 9 heteroatoms. The van der Waals surface area contributed by atoms with Crippen molar-refractivity contribution in [3.05, 3.63) is 41.3 Å². The van der Waals surface area contributed by atoms with Gasteiger partial charge in [-0.2, -0.15) is 18.3 Å². The number of alkyl halides is 3. The van der Waals surface area contributed by atoms with E-state index in [1.54, 1.807) is 18.2 Å². The molecule has 3 aromatic rings. The topological polar surface area (TPSA) is 104 Å². The lowest BCUT2D eigenvalue weighted by molar-refractivity contribution is -0.250. The van der Waals surface area contributed by atoms with E-state index in [2.05, 4.69) is 20.2 Å². The Morgan fingerprint density at radius 1 is 1.23 bits per heavy atom. The van der Waals surface area contributed by atoms with Crippen LogP contribution >= 0.6 is 0 Å². The van der Waals surface area contributed by atoms with Crippen molar-refractivity contribution in [2.24, 2.45) is 0 Å². The minimum atomic E-state index is -5.04. The molecular weight excluding hydrogens is 299 g/mol. The van der Waals surface area contributed by atoms with Gasteiger partial charge >= 0.3 is 6.18 Å². The van der Waals surface area contributed by atoms with Crippen molar-refractivity contribution in [2.45, 2.75) is 18.7 Å². The zero-order chi connectivity index (χ0) is 16.1. The summed E-state index contributed by atoms with van der Waals surface area (Å²) in [5.74, 6) is -1.09. The summed E-state index contributed by atoms with van der Waals surface area (Å²) in [6, 6.07) is 6.39. The number of aromatic amines is 2. The highest BCUT2D eigenvalue weighted by molar-refractivity contribution is 5.75. The second-order valence-corrected chi connectivity index (χ2v) is 4.92. The summed E-state index contributed by atoms with van der Waals surface area (Å²) in [6.07, 6.45) is -5.04. The van der Waals surface area contributed by atoms with Gasteiger partial charge in [0.15, 0.2) is 11.6 Å². The molecule has 1 atom stereocenters. The van der Waals surface area contributed by atoms with Crippen molar-refractivity contribution in [1.29, 1.82) is 0 Å². The van der Waals surface area contributed by atoms with E-state index in [-0.39, 0.29) is 5.69 Å². The third-order valence-corrected chi connectivity index (χ3v) is 3.48. The van der Waals surface area contributed by atoms with Gasteiger partial charge in [0.2, 0.25) is 5.60 Å². The molecule has 0 bridgehead atoms. The van der Waals surface area contributed by atoms with Crippen LogP contribution in [0.5, 0.6) is 0 Å². The predicted molar refractivity (Wildman–Crippen MR) is 72.9 cm³/mol. The number of imidazole rings is 1. The van der Waals surface area contributed by atoms with Gasteiger partial charge in [0, 0.05) is 5.69 Å². The van der Waals surface area contributed by atoms with Crippen LogP contribution in [0.4, 0.5) is 19.0 Å². The number of nitrogens with one attached hydrogen (secondary N) is 2. The molecule has 0 radical (unpaired) electrons. The number of rotatable bonds is 2. The highest BCUT2D eigenvalue weighted by Gasteiger charge is 2.60. The normalized spacial score (nSPS) is 15.1. The van der Waals surface area contributed by atoms with Crippen molar-refractivity contribution in [3.8, 4) is 0 Å². The SMILES string of the molecule is Cc1[nH]nc(N)c1C(O)(c1nc2ccccc2[nH]1)C(F)(F)F. The van der Waals surface area contributed by atoms with Gasteiger partial charge in [0.25, 0.3) is 0 Å². The zero-order valence-corrected chi connectivity index (χ0v) is 11.4. The molecule has 0 saturated heterocycles. The van der Waals surface area contributed by atoms with Crippen LogP contribution in [0.15, 0.2) is 24.3 Å². The number of hydrogen-bond acceptors (Lipinski definition) is 4. The average molecular weight is 311 g/mol. The lowest BCUT2D eigenvalue weighted by Crippen LogP contribution is -2.45. The van der Waals surface area contributed by atoms with E-state index in [0.29, 0.717) is 11.0 Å². The monoisotopic (exact) mass is 311 g/mol. The quantitative estimate of drug-likeness (QED) is 0.581. The summed E-state index contributed by atoms with van der Waals surface area (Å²) >= 11 is 0. The average Bonchev–Trinajstić information content (AvgIpc) is 3.01. The molecule has 0 aliphatic rings. The maximum Gasteiger partial charge on any atom is 0.429 e. The van der Waals surface area contributed by atoms with E-state index in [1.165, 1.54) is 13.0 Å². The summed E-state index contributed by atoms with van der Waals surface area (Å²) in [5.41, 5.74) is 2.27. The Morgan fingerprint density at radius 3 is 2.45 bits per heavy atom. The van der Waals surface area contributed by atoms with Crippen LogP contribution in [0, 0.1) is 6.92 Å². The molecule has 0 aliphatic carbocycles. The number of hydrogen-bond donors (Lipinski definition) is 4. The molecule has 1 aromatic carbocycles. The number of nitrogen functional groups attached to an aromatic ring is 1. The first-order valence-electron chi connectivity index (χ1n) is 6.30. The van der Waals surface area contributed by atoms with E-state index in [9.17, 15) is 18.3 Å². The predicted octanol–water partition coefficient (Wildman–Crippen LogP) is 1.97. The number of aromatic nitrogens is 4. The third-order valence-electron chi connectivity index (χ3n) is 3.48. The molecule has 0 saturated carbocycles. The van der Waals surface area contributed by atoms with E-state index in [0.717, 1.165) is 0 Å². The first kappa shape index (κ1) is 14.4. The van der Waals surface area contributed by atoms with Crippen LogP contribution in [0.3, 0.4) is 0 Å². The van der Waals surface area contributed by atoms with Gasteiger partial charge in [-0.3, -0.25) is 5.10 Å². The van der Waals surface area contributed by atoms with Gasteiger partial charge in [-0.05, 0) is 19.1 Å². The summed E-state index contributed by atoms with van der Waals surface area (Å²) in [6.45, 7) is 1.35. The summed E-state index contributed by atoms with van der Waals surface area (Å²) in [4.78, 5) is 6.37. The van der Waals surface area contributed by atoms with Gasteiger partial charge < -0.3 is 15.8 Å². The van der Waals surface area contributed by atoms with Crippen LogP contribution in [0.2, 0.25) is 0 Å². The number of nitrogens with two attached hydrogens (primary N) is 1. The highest BCUT2D eigenvalue weighted by Crippen LogP contribution is 2.46. The van der Waals surface area contributed by atoms with Gasteiger partial charge in [-0.1, -0.05) is 12.1 Å². The molecule has 1 unspecified atom stereocenters. The van der Waals surface area contributed by atoms with Crippen molar-refractivity contribution >= 4 is 16.9 Å². The molecule has 0 spiro atoms. The number of anilines is 1. The second-order valence-electron chi connectivity index (χ2n) is 4.92. The Labute approximate surface area is 122 Å². The largest absolute Gasteiger partial charge is 0.429 e. The second kappa shape index (κ2) is 4.47.